The number of anilines is 3. The zero-order chi connectivity index (χ0) is 39.5. The van der Waals surface area contributed by atoms with Gasteiger partial charge in [-0.2, -0.15) is 0 Å². The third-order valence-electron chi connectivity index (χ3n) is 15.4. The smallest absolute Gasteiger partial charge is 0.0561 e. The number of aromatic nitrogens is 1. The van der Waals surface area contributed by atoms with E-state index in [2.05, 4.69) is 151 Å². The van der Waals surface area contributed by atoms with Crippen molar-refractivity contribution in [2.24, 2.45) is 0 Å². The van der Waals surface area contributed by atoms with E-state index in [4.69, 9.17) is 0 Å². The van der Waals surface area contributed by atoms with Crippen LogP contribution >= 0.6 is 0 Å². The van der Waals surface area contributed by atoms with Gasteiger partial charge in [-0.15, -0.1) is 0 Å². The summed E-state index contributed by atoms with van der Waals surface area (Å²) in [6.07, 6.45) is 20.2. The molecule has 3 saturated carbocycles. The van der Waals surface area contributed by atoms with Crippen LogP contribution in [0.15, 0.2) is 127 Å². The molecule has 0 atom stereocenters. The molecule has 1 heterocycles. The molecule has 0 spiro atoms. The van der Waals surface area contributed by atoms with Crippen LogP contribution in [0.1, 0.15) is 156 Å². The van der Waals surface area contributed by atoms with E-state index >= 15 is 0 Å². The Morgan fingerprint density at radius 2 is 0.881 bits per heavy atom. The van der Waals surface area contributed by atoms with Gasteiger partial charge in [0, 0.05) is 38.9 Å². The highest BCUT2D eigenvalue weighted by molar-refractivity contribution is 6.10. The second-order valence-electron chi connectivity index (χ2n) is 19.2. The van der Waals surface area contributed by atoms with Crippen LogP contribution in [0.4, 0.5) is 17.1 Å². The van der Waals surface area contributed by atoms with E-state index in [1.165, 1.54) is 174 Å². The molecule has 6 aromatic carbocycles. The van der Waals surface area contributed by atoms with Gasteiger partial charge in [0.1, 0.15) is 0 Å². The maximum atomic E-state index is 2.59. The summed E-state index contributed by atoms with van der Waals surface area (Å²) in [7, 11) is 0. The second-order valence-corrected chi connectivity index (χ2v) is 19.2. The minimum absolute atomic E-state index is 0.0818. The molecule has 59 heavy (non-hydrogen) atoms. The molecule has 2 nitrogen and oxygen atoms in total. The molecule has 0 amide bonds. The molecule has 0 bridgehead atoms. The second kappa shape index (κ2) is 15.2. The fraction of sp³-hybridized carbons (Fsp3) is 0.368. The number of nitrogens with zero attached hydrogens (tertiary/aromatic N) is 2. The topological polar surface area (TPSA) is 8.17 Å². The van der Waals surface area contributed by atoms with Gasteiger partial charge in [-0.05, 0) is 150 Å². The lowest BCUT2D eigenvalue weighted by Gasteiger charge is -2.29. The van der Waals surface area contributed by atoms with E-state index < -0.39 is 0 Å². The molecule has 0 radical (unpaired) electrons. The van der Waals surface area contributed by atoms with Crippen molar-refractivity contribution >= 4 is 38.9 Å². The van der Waals surface area contributed by atoms with Crippen molar-refractivity contribution in [1.29, 1.82) is 0 Å². The lowest BCUT2D eigenvalue weighted by Crippen LogP contribution is -2.17. The first kappa shape index (κ1) is 37.0. The number of benzene rings is 6. The SMILES string of the molecule is CC1(C)c2cc(C3CCCCC3)ccc2-c2ccc(N(c3ccc(C4CCCCC4)cc3)c3ccc4c5ccc(C6CCCCC6)cc5n(-c5ccccc5)c4c3)cc21. The maximum absolute atomic E-state index is 2.59. The van der Waals surface area contributed by atoms with Crippen molar-refractivity contribution in [3.63, 3.8) is 0 Å². The molecule has 0 aliphatic heterocycles. The Morgan fingerprint density at radius 3 is 1.53 bits per heavy atom. The predicted molar refractivity (Wildman–Crippen MR) is 251 cm³/mol. The minimum Gasteiger partial charge on any atom is -0.310 e. The average Bonchev–Trinajstić information content (AvgIpc) is 3.74. The molecule has 4 aliphatic carbocycles. The first-order valence-corrected chi connectivity index (χ1v) is 23.3. The number of hydrogen-bond donors (Lipinski definition) is 0. The summed E-state index contributed by atoms with van der Waals surface area (Å²) in [6, 6.07) is 50.2. The summed E-state index contributed by atoms with van der Waals surface area (Å²) in [6.45, 7) is 4.92. The van der Waals surface area contributed by atoms with Gasteiger partial charge in [-0.1, -0.05) is 144 Å². The van der Waals surface area contributed by atoms with Gasteiger partial charge >= 0.3 is 0 Å². The zero-order valence-corrected chi connectivity index (χ0v) is 35.4. The molecule has 11 rings (SSSR count). The van der Waals surface area contributed by atoms with Gasteiger partial charge in [0.25, 0.3) is 0 Å². The molecule has 0 N–H and O–H groups in total. The van der Waals surface area contributed by atoms with Crippen LogP contribution in [0.3, 0.4) is 0 Å². The van der Waals surface area contributed by atoms with Gasteiger partial charge in [0.2, 0.25) is 0 Å². The monoisotopic (exact) mass is 772 g/mol. The molecule has 2 heteroatoms. The van der Waals surface area contributed by atoms with Crippen LogP contribution in [-0.2, 0) is 5.41 Å². The van der Waals surface area contributed by atoms with Crippen molar-refractivity contribution < 1.29 is 0 Å². The molecule has 0 saturated heterocycles. The number of hydrogen-bond acceptors (Lipinski definition) is 1. The van der Waals surface area contributed by atoms with E-state index in [9.17, 15) is 0 Å². The molecule has 7 aromatic rings. The Labute approximate surface area is 352 Å². The normalized spacial score (nSPS) is 18.6. The summed E-state index contributed by atoms with van der Waals surface area (Å²) in [5, 5.41) is 2.65. The Balaban J connectivity index is 1.06. The molecule has 4 aliphatic rings. The highest BCUT2D eigenvalue weighted by Crippen LogP contribution is 2.52. The first-order chi connectivity index (χ1) is 29.0. The summed E-state index contributed by atoms with van der Waals surface area (Å²) in [4.78, 5) is 2.54. The van der Waals surface area contributed by atoms with Gasteiger partial charge in [0.15, 0.2) is 0 Å². The summed E-state index contributed by atoms with van der Waals surface area (Å²) in [5.41, 5.74) is 17.7. The van der Waals surface area contributed by atoms with E-state index in [1.54, 1.807) is 5.56 Å². The van der Waals surface area contributed by atoms with Gasteiger partial charge in [-0.3, -0.25) is 0 Å². The maximum Gasteiger partial charge on any atom is 0.0561 e. The summed E-state index contributed by atoms with van der Waals surface area (Å²) < 4.78 is 2.54. The van der Waals surface area contributed by atoms with Crippen molar-refractivity contribution in [2.45, 2.75) is 133 Å². The van der Waals surface area contributed by atoms with Crippen molar-refractivity contribution in [1.82, 2.24) is 4.57 Å². The number of rotatable bonds is 7. The molecule has 1 aromatic heterocycles. The van der Waals surface area contributed by atoms with Crippen LogP contribution in [0.25, 0.3) is 38.6 Å². The predicted octanol–water partition coefficient (Wildman–Crippen LogP) is 16.7. The first-order valence-electron chi connectivity index (χ1n) is 23.3. The lowest BCUT2D eigenvalue weighted by molar-refractivity contribution is 0.443. The minimum atomic E-state index is -0.0818. The standard InChI is InChI=1S/C57H60N2/c1-57(2)53-35-43(40-17-9-4-10-18-40)25-31-49(53)50-33-29-47(37-54(50)57)58(46-27-23-42(24-28-46)39-15-7-3-8-16-39)48-30-34-52-51-32-26-44(41-19-11-5-12-20-41)36-55(51)59(56(52)38-48)45-21-13-6-14-22-45/h6,13-14,21-41H,3-5,7-12,15-20H2,1-2H3. The summed E-state index contributed by atoms with van der Waals surface area (Å²) in [5.74, 6) is 2.05. The van der Waals surface area contributed by atoms with Gasteiger partial charge in [0.05, 0.1) is 11.0 Å². The van der Waals surface area contributed by atoms with Crippen LogP contribution in [0.5, 0.6) is 0 Å². The van der Waals surface area contributed by atoms with Crippen molar-refractivity contribution in [2.75, 3.05) is 4.90 Å². The molecule has 298 valence electrons. The van der Waals surface area contributed by atoms with Gasteiger partial charge in [-0.25, -0.2) is 0 Å². The van der Waals surface area contributed by atoms with E-state index in [0.29, 0.717) is 17.8 Å². The fourth-order valence-corrected chi connectivity index (χ4v) is 12.1. The van der Waals surface area contributed by atoms with Crippen LogP contribution in [0, 0.1) is 0 Å². The Kier molecular flexibility index (Phi) is 9.51. The van der Waals surface area contributed by atoms with Crippen LogP contribution in [-0.4, -0.2) is 4.57 Å². The summed E-state index contributed by atoms with van der Waals surface area (Å²) >= 11 is 0. The largest absolute Gasteiger partial charge is 0.310 e. The van der Waals surface area contributed by atoms with Gasteiger partial charge < -0.3 is 9.47 Å². The molecule has 3 fully saturated rings. The highest BCUT2D eigenvalue weighted by Gasteiger charge is 2.37. The molecular weight excluding hydrogens is 713 g/mol. The molecular formula is C57H60N2. The van der Waals surface area contributed by atoms with E-state index in [-0.39, 0.29) is 5.41 Å². The zero-order valence-electron chi connectivity index (χ0n) is 35.4. The van der Waals surface area contributed by atoms with E-state index in [1.807, 2.05) is 0 Å². The Hall–Kier alpha value is -5.08. The fourth-order valence-electron chi connectivity index (χ4n) is 12.1. The third kappa shape index (κ3) is 6.53. The third-order valence-corrected chi connectivity index (χ3v) is 15.4. The highest BCUT2D eigenvalue weighted by atomic mass is 15.1. The average molecular weight is 773 g/mol. The van der Waals surface area contributed by atoms with Crippen molar-refractivity contribution in [3.8, 4) is 16.8 Å². The lowest BCUT2D eigenvalue weighted by atomic mass is 9.79. The Morgan fingerprint density at radius 1 is 0.424 bits per heavy atom. The van der Waals surface area contributed by atoms with E-state index in [0.717, 1.165) is 0 Å². The number of fused-ring (bicyclic) bond motifs is 6. The van der Waals surface area contributed by atoms with Crippen LogP contribution < -0.4 is 4.90 Å². The van der Waals surface area contributed by atoms with Crippen molar-refractivity contribution in [3.05, 3.63) is 155 Å². The quantitative estimate of drug-likeness (QED) is 0.157. The molecule has 0 unspecified atom stereocenters. The Bertz CT molecular complexity index is 2620. The van der Waals surface area contributed by atoms with Crippen LogP contribution in [0.2, 0.25) is 0 Å². The number of para-hydroxylation sites is 1.